The molecule has 0 saturated carbocycles. The molecule has 0 aliphatic heterocycles. The minimum absolute atomic E-state index is 0.183. The van der Waals surface area contributed by atoms with Gasteiger partial charge in [-0.1, -0.05) is 13.0 Å². The normalized spacial score (nSPS) is 10.0. The maximum Gasteiger partial charge on any atom is 0.407 e. The van der Waals surface area contributed by atoms with Crippen molar-refractivity contribution < 1.29 is 15.0 Å². The number of phenols is 1. The zero-order valence-corrected chi connectivity index (χ0v) is 8.90. The Morgan fingerprint density at radius 1 is 1.33 bits per heavy atom. The molecule has 1 rings (SSSR count). The van der Waals surface area contributed by atoms with E-state index < -0.39 is 6.09 Å². The van der Waals surface area contributed by atoms with Crippen LogP contribution in [0, 0.1) is 0 Å². The molecule has 1 aromatic carbocycles. The van der Waals surface area contributed by atoms with Gasteiger partial charge in [0.05, 0.1) is 0 Å². The van der Waals surface area contributed by atoms with Gasteiger partial charge in [-0.2, -0.15) is 0 Å². The Kier molecular flexibility index (Phi) is 3.55. The van der Waals surface area contributed by atoms with Gasteiger partial charge in [0.2, 0.25) is 0 Å². The molecule has 15 heavy (non-hydrogen) atoms. The molecule has 82 valence electrons. The lowest BCUT2D eigenvalue weighted by molar-refractivity contribution is 0.153. The minimum atomic E-state index is -0.976. The first kappa shape index (κ1) is 11.4. The second-order valence-corrected chi connectivity index (χ2v) is 3.50. The van der Waals surface area contributed by atoms with Crippen molar-refractivity contribution in [3.8, 4) is 5.75 Å². The van der Waals surface area contributed by atoms with Gasteiger partial charge in [-0.15, -0.1) is 0 Å². The van der Waals surface area contributed by atoms with Crippen molar-refractivity contribution in [2.24, 2.45) is 0 Å². The van der Waals surface area contributed by atoms with Gasteiger partial charge in [0.15, 0.2) is 0 Å². The van der Waals surface area contributed by atoms with E-state index in [1.807, 2.05) is 13.0 Å². The van der Waals surface area contributed by atoms with Crippen LogP contribution in [0.15, 0.2) is 18.2 Å². The lowest BCUT2D eigenvalue weighted by Crippen LogP contribution is -2.23. The fourth-order valence-electron chi connectivity index (χ4n) is 1.38. The molecule has 0 heterocycles. The first-order valence-corrected chi connectivity index (χ1v) is 4.78. The number of carbonyl (C=O) groups is 1. The summed E-state index contributed by atoms with van der Waals surface area (Å²) in [5.74, 6) is 0.183. The fraction of sp³-hybridized carbons (Fsp3) is 0.364. The first-order valence-electron chi connectivity index (χ1n) is 4.78. The van der Waals surface area contributed by atoms with E-state index in [-0.39, 0.29) is 12.3 Å². The molecule has 0 atom stereocenters. The van der Waals surface area contributed by atoms with E-state index in [4.69, 9.17) is 5.11 Å². The number of hydrogen-bond acceptors (Lipinski definition) is 2. The molecule has 4 heteroatoms. The third-order valence-electron chi connectivity index (χ3n) is 2.19. The van der Waals surface area contributed by atoms with Crippen LogP contribution >= 0.6 is 0 Å². The number of rotatable bonds is 3. The third-order valence-corrected chi connectivity index (χ3v) is 2.19. The Morgan fingerprint density at radius 3 is 2.47 bits per heavy atom. The molecular weight excluding hydrogens is 194 g/mol. The van der Waals surface area contributed by atoms with E-state index in [0.717, 1.165) is 17.5 Å². The third kappa shape index (κ3) is 3.16. The second kappa shape index (κ2) is 4.68. The first-order chi connectivity index (χ1) is 7.02. The van der Waals surface area contributed by atoms with Gasteiger partial charge in [0, 0.05) is 13.6 Å². The van der Waals surface area contributed by atoms with Crippen molar-refractivity contribution >= 4 is 6.09 Å². The van der Waals surface area contributed by atoms with Gasteiger partial charge < -0.3 is 15.1 Å². The highest BCUT2D eigenvalue weighted by Crippen LogP contribution is 2.17. The molecule has 1 aromatic rings. The number of phenolic OH excluding ortho intramolecular Hbond substituents is 1. The topological polar surface area (TPSA) is 60.8 Å². The Bertz CT molecular complexity index is 363. The number of nitrogens with zero attached hydrogens (tertiary/aromatic N) is 1. The molecular formula is C11H15NO3. The Labute approximate surface area is 88.8 Å². The van der Waals surface area contributed by atoms with Gasteiger partial charge in [0.25, 0.3) is 0 Å². The summed E-state index contributed by atoms with van der Waals surface area (Å²) in [5.41, 5.74) is 1.81. The summed E-state index contributed by atoms with van der Waals surface area (Å²) in [7, 11) is 1.50. The Hall–Kier alpha value is -1.71. The van der Waals surface area contributed by atoms with Crippen LogP contribution in [-0.4, -0.2) is 28.3 Å². The van der Waals surface area contributed by atoms with Crippen LogP contribution in [0.3, 0.4) is 0 Å². The summed E-state index contributed by atoms with van der Waals surface area (Å²) in [6.45, 7) is 2.27. The van der Waals surface area contributed by atoms with Crippen molar-refractivity contribution in [2.75, 3.05) is 7.05 Å². The molecule has 0 unspecified atom stereocenters. The average Bonchev–Trinajstić information content (AvgIpc) is 2.16. The highest BCUT2D eigenvalue weighted by Gasteiger charge is 2.07. The van der Waals surface area contributed by atoms with Crippen LogP contribution in [0.25, 0.3) is 0 Å². The summed E-state index contributed by atoms with van der Waals surface area (Å²) in [4.78, 5) is 11.8. The zero-order chi connectivity index (χ0) is 11.4. The number of aromatic hydroxyl groups is 1. The van der Waals surface area contributed by atoms with E-state index in [1.165, 1.54) is 11.9 Å². The quantitative estimate of drug-likeness (QED) is 0.801. The van der Waals surface area contributed by atoms with Gasteiger partial charge in [0.1, 0.15) is 5.75 Å². The average molecular weight is 209 g/mol. The van der Waals surface area contributed by atoms with Crippen LogP contribution in [0.4, 0.5) is 4.79 Å². The van der Waals surface area contributed by atoms with Crippen molar-refractivity contribution in [1.29, 1.82) is 0 Å². The summed E-state index contributed by atoms with van der Waals surface area (Å²) >= 11 is 0. The molecule has 0 saturated heterocycles. The molecule has 0 aliphatic carbocycles. The lowest BCUT2D eigenvalue weighted by atomic mass is 10.1. The minimum Gasteiger partial charge on any atom is -0.508 e. The standard InChI is InChI=1S/C11H15NO3/c1-3-8-4-9(6-10(13)5-8)7-12(2)11(14)15/h4-6,13H,3,7H2,1-2H3,(H,14,15). The van der Waals surface area contributed by atoms with Crippen LogP contribution in [0.1, 0.15) is 18.1 Å². The predicted octanol–water partition coefficient (Wildman–Crippen LogP) is 2.06. The van der Waals surface area contributed by atoms with Crippen LogP contribution in [0.2, 0.25) is 0 Å². The number of aryl methyl sites for hydroxylation is 1. The molecule has 1 amide bonds. The van der Waals surface area contributed by atoms with Crippen LogP contribution in [-0.2, 0) is 13.0 Å². The number of amides is 1. The summed E-state index contributed by atoms with van der Waals surface area (Å²) in [5, 5.41) is 18.1. The molecule has 0 radical (unpaired) electrons. The van der Waals surface area contributed by atoms with E-state index in [2.05, 4.69) is 0 Å². The molecule has 2 N–H and O–H groups in total. The van der Waals surface area contributed by atoms with Crippen molar-refractivity contribution in [3.63, 3.8) is 0 Å². The van der Waals surface area contributed by atoms with Gasteiger partial charge in [-0.3, -0.25) is 0 Å². The highest BCUT2D eigenvalue weighted by atomic mass is 16.4. The fourth-order valence-corrected chi connectivity index (χ4v) is 1.38. The largest absolute Gasteiger partial charge is 0.508 e. The molecule has 0 aromatic heterocycles. The number of carboxylic acid groups (broad SMARTS) is 1. The molecule has 4 nitrogen and oxygen atoms in total. The highest BCUT2D eigenvalue weighted by molar-refractivity contribution is 5.64. The zero-order valence-electron chi connectivity index (χ0n) is 8.90. The van der Waals surface area contributed by atoms with Crippen molar-refractivity contribution in [2.45, 2.75) is 19.9 Å². The maximum atomic E-state index is 10.6. The molecule has 0 fully saturated rings. The summed E-state index contributed by atoms with van der Waals surface area (Å²) in [6, 6.07) is 5.17. The van der Waals surface area contributed by atoms with E-state index in [9.17, 15) is 9.90 Å². The number of hydrogen-bond donors (Lipinski definition) is 2. The van der Waals surface area contributed by atoms with Crippen molar-refractivity contribution in [1.82, 2.24) is 4.90 Å². The van der Waals surface area contributed by atoms with Gasteiger partial charge in [-0.25, -0.2) is 4.79 Å². The van der Waals surface area contributed by atoms with Gasteiger partial charge in [-0.05, 0) is 29.7 Å². The summed E-state index contributed by atoms with van der Waals surface area (Å²) in [6.07, 6.45) is -0.158. The molecule has 0 aliphatic rings. The van der Waals surface area contributed by atoms with E-state index in [1.54, 1.807) is 12.1 Å². The number of benzene rings is 1. The lowest BCUT2D eigenvalue weighted by Gasteiger charge is -2.13. The summed E-state index contributed by atoms with van der Waals surface area (Å²) < 4.78 is 0. The SMILES string of the molecule is CCc1cc(O)cc(CN(C)C(=O)O)c1. The Balaban J connectivity index is 2.85. The van der Waals surface area contributed by atoms with Crippen LogP contribution < -0.4 is 0 Å². The van der Waals surface area contributed by atoms with E-state index in [0.29, 0.717) is 0 Å². The van der Waals surface area contributed by atoms with Crippen LogP contribution in [0.5, 0.6) is 5.75 Å². The second-order valence-electron chi connectivity index (χ2n) is 3.50. The van der Waals surface area contributed by atoms with Crippen molar-refractivity contribution in [3.05, 3.63) is 29.3 Å². The van der Waals surface area contributed by atoms with E-state index >= 15 is 0 Å². The smallest absolute Gasteiger partial charge is 0.407 e. The van der Waals surface area contributed by atoms with Gasteiger partial charge >= 0.3 is 6.09 Å². The predicted molar refractivity (Wildman–Crippen MR) is 57.0 cm³/mol. The molecule has 0 spiro atoms. The Morgan fingerprint density at radius 2 is 1.93 bits per heavy atom. The monoisotopic (exact) mass is 209 g/mol. The molecule has 0 bridgehead atoms. The maximum absolute atomic E-state index is 10.6.